The van der Waals surface area contributed by atoms with E-state index in [1.807, 2.05) is 12.2 Å². The highest BCUT2D eigenvalue weighted by Gasteiger charge is 2.18. The summed E-state index contributed by atoms with van der Waals surface area (Å²) in [5, 5.41) is 2.51. The van der Waals surface area contributed by atoms with E-state index in [0.29, 0.717) is 4.86 Å². The minimum Gasteiger partial charge on any atom is -0.352 e. The number of urea groups is 1. The molecule has 2 amide bonds. The SMILES string of the molecule is NC(=O)NC1C(=S)C=CC=C1Br. The van der Waals surface area contributed by atoms with Crippen LogP contribution in [0.4, 0.5) is 4.79 Å². The molecule has 3 nitrogen and oxygen atoms in total. The van der Waals surface area contributed by atoms with Gasteiger partial charge in [-0.05, 0) is 12.2 Å². The Bertz CT molecular complexity index is 285. The average Bonchev–Trinajstić information content (AvgIpc) is 1.97. The molecule has 1 aliphatic carbocycles. The molecular formula is C7H7BrN2OS. The second-order valence-corrected chi connectivity index (χ2v) is 3.64. The maximum Gasteiger partial charge on any atom is 0.312 e. The van der Waals surface area contributed by atoms with Gasteiger partial charge in [-0.25, -0.2) is 4.79 Å². The third-order valence-corrected chi connectivity index (χ3v) is 2.46. The van der Waals surface area contributed by atoms with Crippen LogP contribution in [-0.2, 0) is 0 Å². The van der Waals surface area contributed by atoms with Crippen LogP contribution < -0.4 is 11.1 Å². The molecule has 12 heavy (non-hydrogen) atoms. The molecular weight excluding hydrogens is 240 g/mol. The zero-order valence-electron chi connectivity index (χ0n) is 6.08. The lowest BCUT2D eigenvalue weighted by Crippen LogP contribution is -2.43. The molecule has 1 unspecified atom stereocenters. The summed E-state index contributed by atoms with van der Waals surface area (Å²) < 4.78 is 0.814. The van der Waals surface area contributed by atoms with Crippen molar-refractivity contribution < 1.29 is 4.79 Å². The van der Waals surface area contributed by atoms with Gasteiger partial charge in [0.25, 0.3) is 0 Å². The van der Waals surface area contributed by atoms with Gasteiger partial charge in [0, 0.05) is 9.35 Å². The third-order valence-electron chi connectivity index (χ3n) is 1.36. The first kappa shape index (κ1) is 9.41. The topological polar surface area (TPSA) is 55.1 Å². The molecule has 0 spiro atoms. The van der Waals surface area contributed by atoms with Crippen molar-refractivity contribution in [3.63, 3.8) is 0 Å². The van der Waals surface area contributed by atoms with Gasteiger partial charge < -0.3 is 11.1 Å². The van der Waals surface area contributed by atoms with Crippen molar-refractivity contribution >= 4 is 39.0 Å². The first-order valence-electron chi connectivity index (χ1n) is 3.25. The summed E-state index contributed by atoms with van der Waals surface area (Å²) in [4.78, 5) is 11.2. The first-order chi connectivity index (χ1) is 5.61. The molecule has 0 saturated heterocycles. The van der Waals surface area contributed by atoms with Crippen molar-refractivity contribution in [2.75, 3.05) is 0 Å². The molecule has 1 atom stereocenters. The normalized spacial score (nSPS) is 21.9. The second kappa shape index (κ2) is 3.82. The molecule has 0 saturated carbocycles. The Morgan fingerprint density at radius 3 is 2.92 bits per heavy atom. The van der Waals surface area contributed by atoms with E-state index in [9.17, 15) is 4.79 Å². The number of amides is 2. The molecule has 0 aliphatic heterocycles. The van der Waals surface area contributed by atoms with Crippen LogP contribution in [0.5, 0.6) is 0 Å². The predicted molar refractivity (Wildman–Crippen MR) is 55.3 cm³/mol. The molecule has 0 heterocycles. The number of rotatable bonds is 1. The Labute approximate surface area is 83.8 Å². The zero-order chi connectivity index (χ0) is 9.14. The smallest absolute Gasteiger partial charge is 0.312 e. The number of thiocarbonyl (C=S) groups is 1. The van der Waals surface area contributed by atoms with Crippen molar-refractivity contribution in [2.45, 2.75) is 6.04 Å². The van der Waals surface area contributed by atoms with Gasteiger partial charge in [0.05, 0.1) is 6.04 Å². The fourth-order valence-electron chi connectivity index (χ4n) is 0.846. The van der Waals surface area contributed by atoms with Gasteiger partial charge in [0.2, 0.25) is 0 Å². The quantitative estimate of drug-likeness (QED) is 0.685. The average molecular weight is 247 g/mol. The van der Waals surface area contributed by atoms with Crippen LogP contribution in [0.15, 0.2) is 22.7 Å². The van der Waals surface area contributed by atoms with E-state index in [0.717, 1.165) is 4.48 Å². The van der Waals surface area contributed by atoms with Crippen molar-refractivity contribution in [2.24, 2.45) is 5.73 Å². The molecule has 0 aromatic heterocycles. The van der Waals surface area contributed by atoms with Gasteiger partial charge in [-0.3, -0.25) is 0 Å². The number of carbonyl (C=O) groups excluding carboxylic acids is 1. The van der Waals surface area contributed by atoms with E-state index in [1.165, 1.54) is 0 Å². The predicted octanol–water partition coefficient (Wildman–Crippen LogP) is 1.24. The van der Waals surface area contributed by atoms with E-state index >= 15 is 0 Å². The van der Waals surface area contributed by atoms with Crippen LogP contribution in [0, 0.1) is 0 Å². The molecule has 64 valence electrons. The van der Waals surface area contributed by atoms with E-state index in [4.69, 9.17) is 18.0 Å². The number of primary amides is 1. The van der Waals surface area contributed by atoms with Crippen LogP contribution in [0.1, 0.15) is 0 Å². The maximum atomic E-state index is 10.5. The Morgan fingerprint density at radius 2 is 2.42 bits per heavy atom. The minimum absolute atomic E-state index is 0.289. The fourth-order valence-corrected chi connectivity index (χ4v) is 1.78. The third kappa shape index (κ3) is 2.15. The van der Waals surface area contributed by atoms with Crippen molar-refractivity contribution in [3.05, 3.63) is 22.7 Å². The summed E-state index contributed by atoms with van der Waals surface area (Å²) in [5.74, 6) is 0. The first-order valence-corrected chi connectivity index (χ1v) is 4.45. The van der Waals surface area contributed by atoms with E-state index in [-0.39, 0.29) is 6.04 Å². The van der Waals surface area contributed by atoms with E-state index < -0.39 is 6.03 Å². The molecule has 0 fully saturated rings. The Balaban J connectivity index is 2.75. The molecule has 0 aromatic carbocycles. The van der Waals surface area contributed by atoms with Crippen molar-refractivity contribution in [3.8, 4) is 0 Å². The molecule has 1 rings (SSSR count). The highest BCUT2D eigenvalue weighted by Crippen LogP contribution is 2.17. The number of nitrogens with one attached hydrogen (secondary N) is 1. The molecule has 0 radical (unpaired) electrons. The number of hydrogen-bond donors (Lipinski definition) is 2. The van der Waals surface area contributed by atoms with Gasteiger partial charge >= 0.3 is 6.03 Å². The van der Waals surface area contributed by atoms with Crippen LogP contribution >= 0.6 is 28.1 Å². The number of nitrogens with two attached hydrogens (primary N) is 1. The summed E-state index contributed by atoms with van der Waals surface area (Å²) in [6.45, 7) is 0. The Hall–Kier alpha value is -0.680. The van der Waals surface area contributed by atoms with Crippen LogP contribution in [-0.4, -0.2) is 16.9 Å². The molecule has 3 N–H and O–H groups in total. The number of allylic oxidation sites excluding steroid dienone is 2. The highest BCUT2D eigenvalue weighted by molar-refractivity contribution is 9.11. The van der Waals surface area contributed by atoms with Crippen LogP contribution in [0.3, 0.4) is 0 Å². The lowest BCUT2D eigenvalue weighted by atomic mass is 10.1. The maximum absolute atomic E-state index is 10.5. The lowest BCUT2D eigenvalue weighted by molar-refractivity contribution is 0.249. The lowest BCUT2D eigenvalue weighted by Gasteiger charge is -2.18. The summed E-state index contributed by atoms with van der Waals surface area (Å²) in [6, 6.07) is -0.870. The second-order valence-electron chi connectivity index (χ2n) is 2.25. The van der Waals surface area contributed by atoms with Crippen LogP contribution in [0.2, 0.25) is 0 Å². The summed E-state index contributed by atoms with van der Waals surface area (Å²) >= 11 is 8.27. The number of carbonyl (C=O) groups is 1. The number of halogens is 1. The highest BCUT2D eigenvalue weighted by atomic mass is 79.9. The van der Waals surface area contributed by atoms with Gasteiger partial charge in [-0.1, -0.05) is 34.2 Å². The van der Waals surface area contributed by atoms with Gasteiger partial charge in [0.15, 0.2) is 0 Å². The fraction of sp³-hybridized carbons (Fsp3) is 0.143. The summed E-state index contributed by atoms with van der Waals surface area (Å²) in [7, 11) is 0. The van der Waals surface area contributed by atoms with E-state index in [2.05, 4.69) is 21.2 Å². The Morgan fingerprint density at radius 1 is 1.75 bits per heavy atom. The molecule has 5 heteroatoms. The molecule has 0 aromatic rings. The number of hydrogen-bond acceptors (Lipinski definition) is 2. The van der Waals surface area contributed by atoms with Crippen LogP contribution in [0.25, 0.3) is 0 Å². The van der Waals surface area contributed by atoms with Crippen molar-refractivity contribution in [1.29, 1.82) is 0 Å². The van der Waals surface area contributed by atoms with Crippen molar-refractivity contribution in [1.82, 2.24) is 5.32 Å². The van der Waals surface area contributed by atoms with E-state index in [1.54, 1.807) is 6.08 Å². The van der Waals surface area contributed by atoms with Gasteiger partial charge in [-0.2, -0.15) is 0 Å². The molecule has 0 bridgehead atoms. The monoisotopic (exact) mass is 246 g/mol. The summed E-state index contributed by atoms with van der Waals surface area (Å²) in [6.07, 6.45) is 5.38. The Kier molecular flexibility index (Phi) is 2.99. The largest absolute Gasteiger partial charge is 0.352 e. The molecule has 1 aliphatic rings. The van der Waals surface area contributed by atoms with Gasteiger partial charge in [0.1, 0.15) is 0 Å². The zero-order valence-corrected chi connectivity index (χ0v) is 8.48. The standard InChI is InChI=1S/C7H7BrN2OS/c8-4-2-1-3-5(12)6(4)10-7(9)11/h1-3,6H,(H3,9,10,11). The minimum atomic E-state index is -0.581. The van der Waals surface area contributed by atoms with Gasteiger partial charge in [-0.15, -0.1) is 0 Å². The summed E-state index contributed by atoms with van der Waals surface area (Å²) in [5.41, 5.74) is 4.97.